The van der Waals surface area contributed by atoms with Gasteiger partial charge in [-0.1, -0.05) is 70.5 Å². The third-order valence-corrected chi connectivity index (χ3v) is 4.91. The Morgan fingerprint density at radius 3 is 2.50 bits per heavy atom. The number of rotatable bonds is 6. The Kier molecular flexibility index (Phi) is 5.89. The van der Waals surface area contributed by atoms with Gasteiger partial charge in [-0.2, -0.15) is 4.39 Å². The van der Waals surface area contributed by atoms with Crippen molar-refractivity contribution >= 4 is 15.9 Å². The lowest BCUT2D eigenvalue weighted by Gasteiger charge is -2.29. The molecular formula is C21H19BrF2O2. The number of hydrogen-bond acceptors (Lipinski definition) is 2. The average Bonchev–Trinajstić information content (AvgIpc) is 2.69. The Hall–Kier alpha value is -1.98. The van der Waals surface area contributed by atoms with E-state index < -0.39 is 17.6 Å². The van der Waals surface area contributed by atoms with Crippen LogP contribution in [0.1, 0.15) is 22.6 Å². The molecule has 1 aliphatic rings. The molecule has 2 unspecified atom stereocenters. The third kappa shape index (κ3) is 4.05. The fraction of sp³-hybridized carbons (Fsp3) is 0.238. The smallest absolute Gasteiger partial charge is 0.284 e. The molecule has 3 rings (SSSR count). The van der Waals surface area contributed by atoms with Gasteiger partial charge in [0.15, 0.2) is 5.83 Å². The summed E-state index contributed by atoms with van der Waals surface area (Å²) in [5, 5.41) is 0.683. The zero-order valence-corrected chi connectivity index (χ0v) is 15.9. The summed E-state index contributed by atoms with van der Waals surface area (Å²) in [5.41, 5.74) is 2.63. The molecular weight excluding hydrogens is 402 g/mol. The molecule has 5 heteroatoms. The average molecular weight is 421 g/mol. The Morgan fingerprint density at radius 2 is 1.81 bits per heavy atom. The third-order valence-electron chi connectivity index (χ3n) is 4.26. The van der Waals surface area contributed by atoms with E-state index in [0.29, 0.717) is 11.1 Å². The van der Waals surface area contributed by atoms with Gasteiger partial charge >= 0.3 is 0 Å². The van der Waals surface area contributed by atoms with Crippen molar-refractivity contribution in [3.8, 4) is 0 Å². The van der Waals surface area contributed by atoms with Crippen LogP contribution in [0.5, 0.6) is 0 Å². The second-order valence-corrected chi connectivity index (χ2v) is 6.60. The zero-order chi connectivity index (χ0) is 18.6. The van der Waals surface area contributed by atoms with Gasteiger partial charge in [0.05, 0.1) is 19.6 Å². The molecule has 0 aliphatic heterocycles. The van der Waals surface area contributed by atoms with Crippen molar-refractivity contribution in [1.29, 1.82) is 0 Å². The molecule has 0 aromatic heterocycles. The van der Waals surface area contributed by atoms with Gasteiger partial charge < -0.3 is 9.47 Å². The summed E-state index contributed by atoms with van der Waals surface area (Å²) >= 11 is 3.38. The number of benzene rings is 2. The minimum atomic E-state index is -2.64. The molecule has 2 nitrogen and oxygen atoms in total. The lowest BCUT2D eigenvalue weighted by atomic mass is 9.90. The topological polar surface area (TPSA) is 18.5 Å². The van der Waals surface area contributed by atoms with E-state index in [1.165, 1.54) is 13.2 Å². The van der Waals surface area contributed by atoms with Crippen molar-refractivity contribution in [3.05, 3.63) is 95.0 Å². The summed E-state index contributed by atoms with van der Waals surface area (Å²) < 4.78 is 40.3. The Morgan fingerprint density at radius 1 is 1.08 bits per heavy atom. The first-order valence-electron chi connectivity index (χ1n) is 8.22. The van der Waals surface area contributed by atoms with E-state index in [1.807, 2.05) is 54.6 Å². The molecule has 0 fully saturated rings. The van der Waals surface area contributed by atoms with Gasteiger partial charge in [-0.25, -0.2) is 4.39 Å². The summed E-state index contributed by atoms with van der Waals surface area (Å²) in [6, 6.07) is 16.7. The molecule has 1 aliphatic carbocycles. The number of alkyl halides is 2. The fourth-order valence-corrected chi connectivity index (χ4v) is 3.24. The monoisotopic (exact) mass is 420 g/mol. The summed E-state index contributed by atoms with van der Waals surface area (Å²) in [4.78, 5) is 0. The molecule has 0 bridgehead atoms. The lowest BCUT2D eigenvalue weighted by molar-refractivity contribution is -0.105. The van der Waals surface area contributed by atoms with Crippen molar-refractivity contribution in [3.63, 3.8) is 0 Å². The van der Waals surface area contributed by atoms with Crippen LogP contribution in [0.4, 0.5) is 8.78 Å². The van der Waals surface area contributed by atoms with E-state index in [1.54, 1.807) is 0 Å². The number of ether oxygens (including phenoxy) is 2. The summed E-state index contributed by atoms with van der Waals surface area (Å²) in [6.45, 7) is -0.0535. The molecule has 0 saturated carbocycles. The zero-order valence-electron chi connectivity index (χ0n) is 14.3. The molecule has 0 amide bonds. The van der Waals surface area contributed by atoms with Gasteiger partial charge in [-0.05, 0) is 22.8 Å². The van der Waals surface area contributed by atoms with Crippen molar-refractivity contribution in [2.75, 3.05) is 7.11 Å². The molecule has 136 valence electrons. The second-order valence-electron chi connectivity index (χ2n) is 6.04. The lowest BCUT2D eigenvalue weighted by Crippen LogP contribution is -2.30. The predicted octanol–water partition coefficient (Wildman–Crippen LogP) is 5.95. The van der Waals surface area contributed by atoms with E-state index in [4.69, 9.17) is 9.47 Å². The van der Waals surface area contributed by atoms with Crippen LogP contribution in [0.15, 0.2) is 78.3 Å². The number of methoxy groups -OCH3 is 1. The quantitative estimate of drug-likeness (QED) is 0.537. The highest BCUT2D eigenvalue weighted by atomic mass is 79.9. The second kappa shape index (κ2) is 8.14. The number of hydrogen-bond donors (Lipinski definition) is 0. The minimum Gasteiger partial charge on any atom is -0.500 e. The highest BCUT2D eigenvalue weighted by Gasteiger charge is 2.41. The van der Waals surface area contributed by atoms with Crippen molar-refractivity contribution in [1.82, 2.24) is 0 Å². The van der Waals surface area contributed by atoms with Gasteiger partial charge in [-0.15, -0.1) is 0 Å². The van der Waals surface area contributed by atoms with E-state index in [-0.39, 0.29) is 6.61 Å². The molecule has 26 heavy (non-hydrogen) atoms. The normalized spacial score (nSPS) is 22.5. The van der Waals surface area contributed by atoms with E-state index in [2.05, 4.69) is 15.9 Å². The molecule has 2 aromatic rings. The van der Waals surface area contributed by atoms with Crippen LogP contribution >= 0.6 is 15.9 Å². The van der Waals surface area contributed by atoms with Crippen LogP contribution in [0.2, 0.25) is 0 Å². The Labute approximate surface area is 160 Å². The van der Waals surface area contributed by atoms with Crippen molar-refractivity contribution in [2.24, 2.45) is 0 Å². The largest absolute Gasteiger partial charge is 0.500 e. The first kappa shape index (κ1) is 18.8. The van der Waals surface area contributed by atoms with Gasteiger partial charge in [0.2, 0.25) is 0 Å². The first-order chi connectivity index (χ1) is 12.6. The molecule has 0 heterocycles. The SMILES string of the molecule is COC1=CC(F)(OCc2cccc(CBr)c2)C(F)=CC1c1ccccc1. The predicted molar refractivity (Wildman–Crippen MR) is 101 cm³/mol. The molecule has 2 aromatic carbocycles. The van der Waals surface area contributed by atoms with E-state index >= 15 is 4.39 Å². The number of allylic oxidation sites excluding steroid dienone is 1. The Balaban J connectivity index is 1.82. The molecule has 0 radical (unpaired) electrons. The van der Waals surface area contributed by atoms with Gasteiger partial charge in [0.25, 0.3) is 5.85 Å². The maximum atomic E-state index is 15.1. The van der Waals surface area contributed by atoms with Gasteiger partial charge in [0.1, 0.15) is 5.76 Å². The van der Waals surface area contributed by atoms with Crippen molar-refractivity contribution in [2.45, 2.75) is 23.7 Å². The molecule has 2 atom stereocenters. The van der Waals surface area contributed by atoms with Gasteiger partial charge in [-0.3, -0.25) is 0 Å². The minimum absolute atomic E-state index is 0.0535. The van der Waals surface area contributed by atoms with Gasteiger partial charge in [0, 0.05) is 11.4 Å². The van der Waals surface area contributed by atoms with E-state index in [0.717, 1.165) is 22.8 Å². The first-order valence-corrected chi connectivity index (χ1v) is 9.34. The summed E-state index contributed by atoms with van der Waals surface area (Å²) in [7, 11) is 1.44. The van der Waals surface area contributed by atoms with Crippen LogP contribution in [-0.2, 0) is 21.4 Å². The highest BCUT2D eigenvalue weighted by Crippen LogP contribution is 2.40. The number of halogens is 3. The van der Waals surface area contributed by atoms with Crippen LogP contribution in [0.3, 0.4) is 0 Å². The van der Waals surface area contributed by atoms with Crippen molar-refractivity contribution < 1.29 is 18.3 Å². The molecule has 0 spiro atoms. The Bertz CT molecular complexity index is 820. The fourth-order valence-electron chi connectivity index (χ4n) is 2.89. The van der Waals surface area contributed by atoms with Crippen LogP contribution in [0, 0.1) is 0 Å². The standard InChI is InChI=1S/C21H19BrF2O2/c1-25-19-12-21(24,26-14-16-7-5-6-15(10-16)13-22)20(23)11-18(19)17-8-3-2-4-9-17/h2-12,18H,13-14H2,1H3. The van der Waals surface area contributed by atoms with Crippen LogP contribution in [0.25, 0.3) is 0 Å². The summed E-state index contributed by atoms with van der Waals surface area (Å²) in [5.74, 6) is -3.77. The summed E-state index contributed by atoms with van der Waals surface area (Å²) in [6.07, 6.45) is 2.29. The maximum Gasteiger partial charge on any atom is 0.284 e. The van der Waals surface area contributed by atoms with E-state index in [9.17, 15) is 4.39 Å². The molecule has 0 saturated heterocycles. The molecule has 0 N–H and O–H groups in total. The maximum absolute atomic E-state index is 15.1. The van der Waals surface area contributed by atoms with Crippen LogP contribution < -0.4 is 0 Å². The highest BCUT2D eigenvalue weighted by molar-refractivity contribution is 9.08. The van der Waals surface area contributed by atoms with Crippen LogP contribution in [-0.4, -0.2) is 13.0 Å².